The lowest BCUT2D eigenvalue weighted by Crippen LogP contribution is -2.11. The Bertz CT molecular complexity index is 170. The lowest BCUT2D eigenvalue weighted by molar-refractivity contribution is 0.289. The Morgan fingerprint density at radius 2 is 1.00 bits per heavy atom. The molecule has 3 fully saturated rings. The minimum Gasteiger partial charge on any atom is -0.0528 e. The quantitative estimate of drug-likeness (QED) is 0.495. The third-order valence-corrected chi connectivity index (χ3v) is 4.56. The maximum Gasteiger partial charge on any atom is -0.0292 e. The Kier molecular flexibility index (Phi) is 1.09. The van der Waals surface area contributed by atoms with E-state index in [1.807, 2.05) is 0 Å². The van der Waals surface area contributed by atoms with E-state index in [1.54, 1.807) is 44.9 Å². The smallest absolute Gasteiger partial charge is 0.0292 e. The summed E-state index contributed by atoms with van der Waals surface area (Å²) in [6.45, 7) is 0. The van der Waals surface area contributed by atoms with Crippen LogP contribution in [0.5, 0.6) is 0 Å². The van der Waals surface area contributed by atoms with Gasteiger partial charge in [0.1, 0.15) is 0 Å². The second-order valence-corrected chi connectivity index (χ2v) is 5.38. The first-order valence-corrected chi connectivity index (χ1v) is 5.33. The van der Waals surface area contributed by atoms with Crippen LogP contribution in [0, 0.1) is 10.8 Å². The molecular weight excluding hydrogens is 132 g/mol. The summed E-state index contributed by atoms with van der Waals surface area (Å²) in [4.78, 5) is 0. The van der Waals surface area contributed by atoms with Gasteiger partial charge in [-0.05, 0) is 55.8 Å². The fraction of sp³-hybridized carbons (Fsp3) is 1.00. The standard InChI is InChI=1S/C11H18/c1-2-4-10(3-1)5-6-11(9-10)7-8-11/h1-9H2. The Morgan fingerprint density at radius 3 is 1.45 bits per heavy atom. The molecule has 0 nitrogen and oxygen atoms in total. The van der Waals surface area contributed by atoms with E-state index < -0.39 is 0 Å². The molecular formula is C11H18. The Hall–Kier alpha value is 0. The first-order chi connectivity index (χ1) is 5.33. The summed E-state index contributed by atoms with van der Waals surface area (Å²) in [6, 6.07) is 0. The summed E-state index contributed by atoms with van der Waals surface area (Å²) in [5.41, 5.74) is 1.81. The van der Waals surface area contributed by atoms with Crippen LogP contribution in [0.3, 0.4) is 0 Å². The maximum atomic E-state index is 1.62. The van der Waals surface area contributed by atoms with Gasteiger partial charge in [-0.25, -0.2) is 0 Å². The van der Waals surface area contributed by atoms with Gasteiger partial charge in [0.2, 0.25) is 0 Å². The molecule has 0 heterocycles. The van der Waals surface area contributed by atoms with Crippen molar-refractivity contribution >= 4 is 0 Å². The van der Waals surface area contributed by atoms with Crippen molar-refractivity contribution in [1.82, 2.24) is 0 Å². The molecule has 0 aromatic rings. The average molecular weight is 150 g/mol. The number of hydrogen-bond donors (Lipinski definition) is 0. The minimum atomic E-state index is 0.885. The lowest BCUT2D eigenvalue weighted by atomic mass is 9.83. The van der Waals surface area contributed by atoms with E-state index in [0.29, 0.717) is 0 Å². The highest BCUT2D eigenvalue weighted by molar-refractivity contribution is 5.06. The van der Waals surface area contributed by atoms with Gasteiger partial charge in [-0.2, -0.15) is 0 Å². The van der Waals surface area contributed by atoms with Gasteiger partial charge in [-0.15, -0.1) is 0 Å². The van der Waals surface area contributed by atoms with Crippen LogP contribution in [0.2, 0.25) is 0 Å². The highest BCUT2D eigenvalue weighted by Gasteiger charge is 2.54. The number of rotatable bonds is 0. The van der Waals surface area contributed by atoms with E-state index in [2.05, 4.69) is 0 Å². The van der Waals surface area contributed by atoms with Crippen LogP contribution in [0.1, 0.15) is 57.8 Å². The molecule has 11 heavy (non-hydrogen) atoms. The molecule has 3 aliphatic carbocycles. The summed E-state index contributed by atoms with van der Waals surface area (Å²) < 4.78 is 0. The monoisotopic (exact) mass is 150 g/mol. The summed E-state index contributed by atoms with van der Waals surface area (Å²) in [5.74, 6) is 0. The minimum absolute atomic E-state index is 0.885. The Morgan fingerprint density at radius 1 is 0.545 bits per heavy atom. The van der Waals surface area contributed by atoms with Gasteiger partial charge in [-0.1, -0.05) is 12.8 Å². The molecule has 0 unspecified atom stereocenters. The van der Waals surface area contributed by atoms with E-state index in [-0.39, 0.29) is 0 Å². The molecule has 3 saturated carbocycles. The molecule has 3 rings (SSSR count). The SMILES string of the molecule is C1CCC2(C1)CCC1(CC1)C2. The second-order valence-electron chi connectivity index (χ2n) is 5.38. The average Bonchev–Trinajstić information content (AvgIpc) is 2.46. The van der Waals surface area contributed by atoms with Gasteiger partial charge in [0.05, 0.1) is 0 Å². The Balaban J connectivity index is 1.80. The second kappa shape index (κ2) is 1.84. The van der Waals surface area contributed by atoms with Gasteiger partial charge in [0.15, 0.2) is 0 Å². The van der Waals surface area contributed by atoms with E-state index >= 15 is 0 Å². The largest absolute Gasteiger partial charge is 0.0528 e. The summed E-state index contributed by atoms with van der Waals surface area (Å²) in [7, 11) is 0. The van der Waals surface area contributed by atoms with Crippen molar-refractivity contribution in [2.45, 2.75) is 57.8 Å². The molecule has 0 aromatic carbocycles. The highest BCUT2D eigenvalue weighted by atomic mass is 14.6. The molecule has 0 aliphatic heterocycles. The molecule has 0 N–H and O–H groups in total. The molecule has 0 amide bonds. The molecule has 0 atom stereocenters. The van der Waals surface area contributed by atoms with Crippen molar-refractivity contribution in [3.63, 3.8) is 0 Å². The summed E-state index contributed by atoms with van der Waals surface area (Å²) >= 11 is 0. The third-order valence-electron chi connectivity index (χ3n) is 4.56. The van der Waals surface area contributed by atoms with Crippen molar-refractivity contribution < 1.29 is 0 Å². The van der Waals surface area contributed by atoms with Crippen LogP contribution in [0.25, 0.3) is 0 Å². The molecule has 62 valence electrons. The maximum absolute atomic E-state index is 1.62. The Labute approximate surface area is 69.4 Å². The van der Waals surface area contributed by atoms with Crippen molar-refractivity contribution in [2.24, 2.45) is 10.8 Å². The van der Waals surface area contributed by atoms with Crippen molar-refractivity contribution in [2.75, 3.05) is 0 Å². The molecule has 0 bridgehead atoms. The van der Waals surface area contributed by atoms with Crippen molar-refractivity contribution in [1.29, 1.82) is 0 Å². The van der Waals surface area contributed by atoms with Gasteiger partial charge in [-0.3, -0.25) is 0 Å². The highest BCUT2D eigenvalue weighted by Crippen LogP contribution is 2.67. The van der Waals surface area contributed by atoms with Crippen molar-refractivity contribution in [3.8, 4) is 0 Å². The van der Waals surface area contributed by atoms with Crippen molar-refractivity contribution in [3.05, 3.63) is 0 Å². The predicted molar refractivity (Wildman–Crippen MR) is 46.4 cm³/mol. The van der Waals surface area contributed by atoms with Gasteiger partial charge >= 0.3 is 0 Å². The first kappa shape index (κ1) is 6.51. The van der Waals surface area contributed by atoms with E-state index in [9.17, 15) is 0 Å². The van der Waals surface area contributed by atoms with Gasteiger partial charge in [0, 0.05) is 0 Å². The lowest BCUT2D eigenvalue weighted by Gasteiger charge is -2.22. The van der Waals surface area contributed by atoms with Crippen LogP contribution in [-0.4, -0.2) is 0 Å². The first-order valence-electron chi connectivity index (χ1n) is 5.33. The van der Waals surface area contributed by atoms with Crippen LogP contribution in [-0.2, 0) is 0 Å². The predicted octanol–water partition coefficient (Wildman–Crippen LogP) is 3.51. The molecule has 0 radical (unpaired) electrons. The van der Waals surface area contributed by atoms with E-state index in [1.165, 1.54) is 12.8 Å². The molecule has 3 aliphatic rings. The summed E-state index contributed by atoms with van der Waals surface area (Å²) in [6.07, 6.45) is 14.2. The van der Waals surface area contributed by atoms with Crippen LogP contribution >= 0.6 is 0 Å². The van der Waals surface area contributed by atoms with E-state index in [0.717, 1.165) is 10.8 Å². The summed E-state index contributed by atoms with van der Waals surface area (Å²) in [5, 5.41) is 0. The van der Waals surface area contributed by atoms with Crippen LogP contribution in [0.4, 0.5) is 0 Å². The van der Waals surface area contributed by atoms with Crippen LogP contribution in [0.15, 0.2) is 0 Å². The van der Waals surface area contributed by atoms with Gasteiger partial charge < -0.3 is 0 Å². The number of hydrogen-bond acceptors (Lipinski definition) is 0. The normalized spacial score (nSPS) is 37.1. The third kappa shape index (κ3) is 0.878. The molecule has 0 aromatic heterocycles. The molecule has 0 saturated heterocycles. The topological polar surface area (TPSA) is 0 Å². The van der Waals surface area contributed by atoms with E-state index in [4.69, 9.17) is 0 Å². The zero-order valence-electron chi connectivity index (χ0n) is 7.36. The van der Waals surface area contributed by atoms with Gasteiger partial charge in [0.25, 0.3) is 0 Å². The zero-order valence-corrected chi connectivity index (χ0v) is 7.36. The molecule has 0 heteroatoms. The zero-order chi connectivity index (χ0) is 7.36. The van der Waals surface area contributed by atoms with Crippen LogP contribution < -0.4 is 0 Å². The molecule has 2 spiro atoms. The fourth-order valence-electron chi connectivity index (χ4n) is 3.66. The fourth-order valence-corrected chi connectivity index (χ4v) is 3.66.